The molecule has 2 N–H and O–H groups in total. The van der Waals surface area contributed by atoms with Gasteiger partial charge in [0.25, 0.3) is 5.91 Å². The zero-order valence-corrected chi connectivity index (χ0v) is 19.8. The summed E-state index contributed by atoms with van der Waals surface area (Å²) in [6, 6.07) is 11.8. The van der Waals surface area contributed by atoms with E-state index < -0.39 is 6.04 Å². The van der Waals surface area contributed by atoms with Gasteiger partial charge in [-0.05, 0) is 43.0 Å². The fraction of sp³-hybridized carbons (Fsp3) is 0.440. The lowest BCUT2D eigenvalue weighted by Gasteiger charge is -2.35. The number of carbonyl (C=O) groups is 3. The van der Waals surface area contributed by atoms with E-state index in [4.69, 9.17) is 11.6 Å². The van der Waals surface area contributed by atoms with E-state index >= 15 is 0 Å². The first-order valence-corrected chi connectivity index (χ1v) is 11.8. The van der Waals surface area contributed by atoms with Crippen molar-refractivity contribution in [3.05, 3.63) is 64.9 Å². The normalized spacial score (nSPS) is 15.2. The zero-order valence-electron chi connectivity index (χ0n) is 19.1. The van der Waals surface area contributed by atoms with Gasteiger partial charge < -0.3 is 15.5 Å². The Morgan fingerprint density at radius 2 is 1.79 bits per heavy atom. The summed E-state index contributed by atoms with van der Waals surface area (Å²) >= 11 is 6.13. The van der Waals surface area contributed by atoms with Crippen LogP contribution in [0.15, 0.2) is 48.7 Å². The van der Waals surface area contributed by atoms with Crippen molar-refractivity contribution in [2.45, 2.75) is 39.2 Å². The summed E-state index contributed by atoms with van der Waals surface area (Å²) in [4.78, 5) is 44.4. The van der Waals surface area contributed by atoms with Crippen LogP contribution in [0.2, 0.25) is 5.02 Å². The topological polar surface area (TPSA) is 91.4 Å². The van der Waals surface area contributed by atoms with Crippen molar-refractivity contribution in [2.24, 2.45) is 11.8 Å². The van der Waals surface area contributed by atoms with Gasteiger partial charge in [0.05, 0.1) is 10.6 Å². The van der Waals surface area contributed by atoms with Crippen LogP contribution < -0.4 is 10.6 Å². The van der Waals surface area contributed by atoms with Crippen LogP contribution in [0.3, 0.4) is 0 Å². The molecule has 1 aromatic heterocycles. The molecule has 0 bridgehead atoms. The molecular formula is C25H31ClN4O3. The lowest BCUT2D eigenvalue weighted by atomic mass is 9.94. The van der Waals surface area contributed by atoms with Crippen molar-refractivity contribution in [3.8, 4) is 0 Å². The third-order valence-electron chi connectivity index (χ3n) is 5.92. The predicted octanol–water partition coefficient (Wildman–Crippen LogP) is 3.09. The number of benzene rings is 1. The minimum atomic E-state index is -0.655. The summed E-state index contributed by atoms with van der Waals surface area (Å²) < 4.78 is 0. The molecule has 0 radical (unpaired) electrons. The second kappa shape index (κ2) is 11.8. The molecule has 7 nitrogen and oxygen atoms in total. The standard InChI is InChI=1S/C25H31ClN4O3/c1-17(2)22(29-24(32)20-8-3-4-9-21(20)26)25(33)30-15-11-18(12-16-30)23(31)28-14-10-19-7-5-6-13-27-19/h3-9,13,17-18,22H,10-12,14-16H2,1-2H3,(H,28,31)(H,29,32)/t22-/m1/s1. The van der Waals surface area contributed by atoms with E-state index in [1.165, 1.54) is 0 Å². The number of hydrogen-bond donors (Lipinski definition) is 2. The minimum absolute atomic E-state index is 0.0189. The maximum Gasteiger partial charge on any atom is 0.253 e. The van der Waals surface area contributed by atoms with E-state index in [1.807, 2.05) is 32.0 Å². The molecular weight excluding hydrogens is 440 g/mol. The van der Waals surface area contributed by atoms with Crippen molar-refractivity contribution < 1.29 is 14.4 Å². The number of hydrogen-bond acceptors (Lipinski definition) is 4. The largest absolute Gasteiger partial charge is 0.355 e. The summed E-state index contributed by atoms with van der Waals surface area (Å²) in [7, 11) is 0. The summed E-state index contributed by atoms with van der Waals surface area (Å²) in [6.45, 7) is 5.32. The first kappa shape index (κ1) is 24.7. The van der Waals surface area contributed by atoms with Gasteiger partial charge >= 0.3 is 0 Å². The molecule has 33 heavy (non-hydrogen) atoms. The molecule has 2 heterocycles. The highest BCUT2D eigenvalue weighted by molar-refractivity contribution is 6.33. The molecule has 1 saturated heterocycles. The van der Waals surface area contributed by atoms with Gasteiger partial charge in [0.1, 0.15) is 6.04 Å². The number of pyridine rings is 1. The van der Waals surface area contributed by atoms with Gasteiger partial charge in [0.2, 0.25) is 11.8 Å². The highest BCUT2D eigenvalue weighted by Crippen LogP contribution is 2.20. The average molecular weight is 471 g/mol. The maximum atomic E-state index is 13.2. The first-order valence-electron chi connectivity index (χ1n) is 11.4. The molecule has 1 aliphatic heterocycles. The van der Waals surface area contributed by atoms with Crippen LogP contribution in [-0.4, -0.2) is 53.3 Å². The summed E-state index contributed by atoms with van der Waals surface area (Å²) in [5, 5.41) is 6.18. The molecule has 0 spiro atoms. The molecule has 3 amide bonds. The summed E-state index contributed by atoms with van der Waals surface area (Å²) in [6.07, 6.45) is 3.63. The number of halogens is 1. The average Bonchev–Trinajstić information content (AvgIpc) is 2.82. The van der Waals surface area contributed by atoms with Crippen molar-refractivity contribution in [2.75, 3.05) is 19.6 Å². The Kier molecular flexibility index (Phi) is 8.83. The van der Waals surface area contributed by atoms with E-state index in [9.17, 15) is 14.4 Å². The fourth-order valence-corrected chi connectivity index (χ4v) is 4.16. The van der Waals surface area contributed by atoms with Gasteiger partial charge in [-0.2, -0.15) is 0 Å². The second-order valence-corrected chi connectivity index (χ2v) is 9.04. The van der Waals surface area contributed by atoms with Crippen molar-refractivity contribution in [3.63, 3.8) is 0 Å². The van der Waals surface area contributed by atoms with E-state index in [0.29, 0.717) is 49.5 Å². The molecule has 2 aromatic rings. The quantitative estimate of drug-likeness (QED) is 0.620. The number of amides is 3. The molecule has 3 rings (SSSR count). The molecule has 176 valence electrons. The lowest BCUT2D eigenvalue weighted by molar-refractivity contribution is -0.138. The number of rotatable bonds is 8. The molecule has 1 atom stereocenters. The molecule has 0 aliphatic carbocycles. The Balaban J connectivity index is 1.49. The molecule has 1 aromatic carbocycles. The third kappa shape index (κ3) is 6.78. The van der Waals surface area contributed by atoms with Crippen LogP contribution in [0.4, 0.5) is 0 Å². The molecule has 1 aliphatic rings. The Bertz CT molecular complexity index is 959. The van der Waals surface area contributed by atoms with Gasteiger partial charge in [0, 0.05) is 43.9 Å². The van der Waals surface area contributed by atoms with Gasteiger partial charge in [-0.25, -0.2) is 0 Å². The van der Waals surface area contributed by atoms with Gasteiger partial charge in [-0.1, -0.05) is 43.6 Å². The number of piperidine rings is 1. The smallest absolute Gasteiger partial charge is 0.253 e. The molecule has 8 heteroatoms. The molecule has 1 fully saturated rings. The second-order valence-electron chi connectivity index (χ2n) is 8.64. The highest BCUT2D eigenvalue weighted by atomic mass is 35.5. The van der Waals surface area contributed by atoms with Crippen LogP contribution in [0.1, 0.15) is 42.7 Å². The zero-order chi connectivity index (χ0) is 23.8. The van der Waals surface area contributed by atoms with Gasteiger partial charge in [0.15, 0.2) is 0 Å². The summed E-state index contributed by atoms with van der Waals surface area (Å²) in [5.41, 5.74) is 1.29. The molecule has 0 saturated carbocycles. The van der Waals surface area contributed by atoms with Crippen LogP contribution in [-0.2, 0) is 16.0 Å². The number of nitrogens with one attached hydrogen (secondary N) is 2. The lowest BCUT2D eigenvalue weighted by Crippen LogP contribution is -2.53. The van der Waals surface area contributed by atoms with Crippen molar-refractivity contribution >= 4 is 29.3 Å². The Hall–Kier alpha value is -2.93. The Morgan fingerprint density at radius 1 is 1.09 bits per heavy atom. The van der Waals surface area contributed by atoms with Crippen LogP contribution in [0.25, 0.3) is 0 Å². The van der Waals surface area contributed by atoms with Gasteiger partial charge in [-0.15, -0.1) is 0 Å². The number of nitrogens with zero attached hydrogens (tertiary/aromatic N) is 2. The van der Waals surface area contributed by atoms with Crippen molar-refractivity contribution in [1.82, 2.24) is 20.5 Å². The first-order chi connectivity index (χ1) is 15.9. The van der Waals surface area contributed by atoms with Crippen LogP contribution in [0, 0.1) is 11.8 Å². The highest BCUT2D eigenvalue weighted by Gasteiger charge is 2.33. The predicted molar refractivity (Wildman–Crippen MR) is 128 cm³/mol. The van der Waals surface area contributed by atoms with Crippen LogP contribution in [0.5, 0.6) is 0 Å². The number of likely N-dealkylation sites (tertiary alicyclic amines) is 1. The Labute approximate surface area is 199 Å². The SMILES string of the molecule is CC(C)[C@@H](NC(=O)c1ccccc1Cl)C(=O)N1CCC(C(=O)NCCc2ccccn2)CC1. The van der Waals surface area contributed by atoms with Crippen LogP contribution >= 0.6 is 11.6 Å². The number of carbonyl (C=O) groups excluding carboxylic acids is 3. The minimum Gasteiger partial charge on any atom is -0.355 e. The molecule has 0 unspecified atom stereocenters. The maximum absolute atomic E-state index is 13.2. The van der Waals surface area contributed by atoms with E-state index in [0.717, 1.165) is 5.69 Å². The monoisotopic (exact) mass is 470 g/mol. The summed E-state index contributed by atoms with van der Waals surface area (Å²) in [5.74, 6) is -0.677. The number of aromatic nitrogens is 1. The third-order valence-corrected chi connectivity index (χ3v) is 6.25. The fourth-order valence-electron chi connectivity index (χ4n) is 3.94. The van der Waals surface area contributed by atoms with Crippen molar-refractivity contribution in [1.29, 1.82) is 0 Å². The van der Waals surface area contributed by atoms with E-state index in [-0.39, 0.29) is 29.6 Å². The Morgan fingerprint density at radius 3 is 2.42 bits per heavy atom. The van der Waals surface area contributed by atoms with Gasteiger partial charge in [-0.3, -0.25) is 19.4 Å². The van der Waals surface area contributed by atoms with E-state index in [2.05, 4.69) is 15.6 Å². The van der Waals surface area contributed by atoms with E-state index in [1.54, 1.807) is 35.4 Å².